The molecule has 1 atom stereocenters. The molecule has 1 aliphatic rings. The highest BCUT2D eigenvalue weighted by molar-refractivity contribution is 8.00. The molecule has 0 aliphatic carbocycles. The lowest BCUT2D eigenvalue weighted by Gasteiger charge is -2.31. The Bertz CT molecular complexity index is 402. The molecule has 1 aromatic rings. The molecule has 1 fully saturated rings. The monoisotopic (exact) mass is 270 g/mol. The van der Waals surface area contributed by atoms with Crippen molar-refractivity contribution < 1.29 is 4.39 Å². The summed E-state index contributed by atoms with van der Waals surface area (Å²) in [6.07, 6.45) is 2.25. The molecular weight excluding hydrogens is 251 g/mol. The Hall–Kier alpha value is -1.04. The van der Waals surface area contributed by atoms with Crippen LogP contribution in [0.5, 0.6) is 0 Å². The molecule has 0 bridgehead atoms. The molecule has 1 unspecified atom stereocenters. The Balaban J connectivity index is 2.14. The van der Waals surface area contributed by atoms with E-state index in [-0.39, 0.29) is 5.82 Å². The van der Waals surface area contributed by atoms with E-state index in [1.807, 2.05) is 16.7 Å². The van der Waals surface area contributed by atoms with E-state index in [9.17, 15) is 4.39 Å². The molecule has 100 valence electrons. The molecule has 2 rings (SSSR count). The van der Waals surface area contributed by atoms with Gasteiger partial charge in [-0.05, 0) is 6.42 Å². The summed E-state index contributed by atoms with van der Waals surface area (Å²) in [4.78, 5) is 10.3. The van der Waals surface area contributed by atoms with Gasteiger partial charge in [0.2, 0.25) is 5.95 Å². The van der Waals surface area contributed by atoms with Gasteiger partial charge in [0.15, 0.2) is 11.6 Å². The predicted molar refractivity (Wildman–Crippen MR) is 74.9 cm³/mol. The molecule has 4 nitrogen and oxygen atoms in total. The van der Waals surface area contributed by atoms with Crippen LogP contribution in [0.3, 0.4) is 0 Å². The van der Waals surface area contributed by atoms with Crippen molar-refractivity contribution in [3.63, 3.8) is 0 Å². The largest absolute Gasteiger partial charge is 0.354 e. The normalized spacial score (nSPS) is 19.9. The van der Waals surface area contributed by atoms with Crippen molar-refractivity contribution in [1.82, 2.24) is 9.97 Å². The Morgan fingerprint density at radius 2 is 2.44 bits per heavy atom. The average molecular weight is 270 g/mol. The number of nitrogens with one attached hydrogen (secondary N) is 1. The molecule has 1 aliphatic heterocycles. The standard InChI is InChI=1S/C12H19FN4S/c1-3-4-14-12-15-7-10(13)11(16-12)17-5-6-18-9(2)8-17/h7,9H,3-6,8H2,1-2H3,(H,14,15,16). The van der Waals surface area contributed by atoms with E-state index in [0.29, 0.717) is 17.0 Å². The van der Waals surface area contributed by atoms with Crippen LogP contribution in [0.2, 0.25) is 0 Å². The van der Waals surface area contributed by atoms with Crippen LogP contribution in [0.25, 0.3) is 0 Å². The summed E-state index contributed by atoms with van der Waals surface area (Å²) in [7, 11) is 0. The summed E-state index contributed by atoms with van der Waals surface area (Å²) in [5.74, 6) is 1.62. The van der Waals surface area contributed by atoms with Crippen molar-refractivity contribution in [2.24, 2.45) is 0 Å². The zero-order chi connectivity index (χ0) is 13.0. The van der Waals surface area contributed by atoms with Crippen molar-refractivity contribution in [2.75, 3.05) is 35.6 Å². The third kappa shape index (κ3) is 3.25. The summed E-state index contributed by atoms with van der Waals surface area (Å²) in [5.41, 5.74) is 0. The second kappa shape index (κ2) is 6.22. The minimum absolute atomic E-state index is 0.337. The van der Waals surface area contributed by atoms with Crippen LogP contribution in [-0.2, 0) is 0 Å². The number of hydrogen-bond donors (Lipinski definition) is 1. The molecule has 0 radical (unpaired) electrons. The average Bonchev–Trinajstić information content (AvgIpc) is 2.38. The summed E-state index contributed by atoms with van der Waals surface area (Å²) in [6, 6.07) is 0. The molecule has 0 aromatic carbocycles. The van der Waals surface area contributed by atoms with Gasteiger partial charge < -0.3 is 10.2 Å². The lowest BCUT2D eigenvalue weighted by molar-refractivity contribution is 0.601. The van der Waals surface area contributed by atoms with Gasteiger partial charge in [0, 0.05) is 30.6 Å². The topological polar surface area (TPSA) is 41.1 Å². The van der Waals surface area contributed by atoms with Gasteiger partial charge in [-0.15, -0.1) is 0 Å². The molecule has 0 spiro atoms. The van der Waals surface area contributed by atoms with Gasteiger partial charge in [0.05, 0.1) is 6.20 Å². The Kier molecular flexibility index (Phi) is 4.63. The maximum Gasteiger partial charge on any atom is 0.224 e. The van der Waals surface area contributed by atoms with Crippen LogP contribution < -0.4 is 10.2 Å². The first kappa shape index (κ1) is 13.4. The van der Waals surface area contributed by atoms with Crippen LogP contribution in [0, 0.1) is 5.82 Å². The first-order valence-electron chi connectivity index (χ1n) is 6.33. The Morgan fingerprint density at radius 3 is 3.17 bits per heavy atom. The smallest absolute Gasteiger partial charge is 0.224 e. The summed E-state index contributed by atoms with van der Waals surface area (Å²) < 4.78 is 13.8. The van der Waals surface area contributed by atoms with Crippen LogP contribution in [0.4, 0.5) is 16.2 Å². The zero-order valence-corrected chi connectivity index (χ0v) is 11.6. The Labute approximate surface area is 111 Å². The molecule has 2 heterocycles. The van der Waals surface area contributed by atoms with E-state index in [4.69, 9.17) is 0 Å². The molecule has 1 aromatic heterocycles. The van der Waals surface area contributed by atoms with Gasteiger partial charge in [-0.3, -0.25) is 0 Å². The van der Waals surface area contributed by atoms with Crippen molar-refractivity contribution >= 4 is 23.5 Å². The number of hydrogen-bond acceptors (Lipinski definition) is 5. The minimum atomic E-state index is -0.337. The van der Waals surface area contributed by atoms with E-state index in [1.54, 1.807) is 0 Å². The molecule has 0 amide bonds. The second-order valence-corrected chi connectivity index (χ2v) is 5.97. The van der Waals surface area contributed by atoms with Crippen molar-refractivity contribution in [3.05, 3.63) is 12.0 Å². The van der Waals surface area contributed by atoms with Crippen LogP contribution in [0.15, 0.2) is 6.20 Å². The molecule has 18 heavy (non-hydrogen) atoms. The third-order valence-corrected chi connectivity index (χ3v) is 3.94. The lowest BCUT2D eigenvalue weighted by atomic mass is 10.3. The maximum atomic E-state index is 13.8. The van der Waals surface area contributed by atoms with Gasteiger partial charge in [-0.25, -0.2) is 9.37 Å². The van der Waals surface area contributed by atoms with E-state index in [2.05, 4.69) is 29.1 Å². The highest BCUT2D eigenvalue weighted by Gasteiger charge is 2.21. The number of halogens is 1. The van der Waals surface area contributed by atoms with Crippen LogP contribution in [0.1, 0.15) is 20.3 Å². The first-order valence-corrected chi connectivity index (χ1v) is 7.38. The van der Waals surface area contributed by atoms with Crippen LogP contribution in [-0.4, -0.2) is 40.6 Å². The number of nitrogens with zero attached hydrogens (tertiary/aromatic N) is 3. The number of anilines is 2. The van der Waals surface area contributed by atoms with E-state index < -0.39 is 0 Å². The summed E-state index contributed by atoms with van der Waals surface area (Å²) in [5, 5.41) is 3.61. The van der Waals surface area contributed by atoms with Crippen LogP contribution >= 0.6 is 11.8 Å². The number of aromatic nitrogens is 2. The van der Waals surface area contributed by atoms with Gasteiger partial charge >= 0.3 is 0 Å². The molecule has 6 heteroatoms. The molecule has 1 saturated heterocycles. The van der Waals surface area contributed by atoms with Crippen molar-refractivity contribution in [1.29, 1.82) is 0 Å². The number of thioether (sulfide) groups is 1. The summed E-state index contributed by atoms with van der Waals surface area (Å²) in [6.45, 7) is 6.71. The van der Waals surface area contributed by atoms with E-state index >= 15 is 0 Å². The van der Waals surface area contributed by atoms with E-state index in [0.717, 1.165) is 31.8 Å². The fourth-order valence-corrected chi connectivity index (χ4v) is 2.93. The summed E-state index contributed by atoms with van der Waals surface area (Å²) >= 11 is 1.92. The highest BCUT2D eigenvalue weighted by atomic mass is 32.2. The molecule has 0 saturated carbocycles. The zero-order valence-electron chi connectivity index (χ0n) is 10.8. The highest BCUT2D eigenvalue weighted by Crippen LogP contribution is 2.24. The quantitative estimate of drug-likeness (QED) is 0.909. The first-order chi connectivity index (χ1) is 8.70. The van der Waals surface area contributed by atoms with Gasteiger partial charge in [-0.1, -0.05) is 13.8 Å². The third-order valence-electron chi connectivity index (χ3n) is 2.80. The van der Waals surface area contributed by atoms with Gasteiger partial charge in [-0.2, -0.15) is 16.7 Å². The number of rotatable bonds is 4. The molecular formula is C12H19FN4S. The lowest BCUT2D eigenvalue weighted by Crippen LogP contribution is -2.37. The van der Waals surface area contributed by atoms with Gasteiger partial charge in [0.25, 0.3) is 0 Å². The predicted octanol–water partition coefficient (Wildman–Crippen LogP) is 2.38. The Morgan fingerprint density at radius 1 is 1.61 bits per heavy atom. The van der Waals surface area contributed by atoms with Crippen molar-refractivity contribution in [2.45, 2.75) is 25.5 Å². The minimum Gasteiger partial charge on any atom is -0.354 e. The second-order valence-electron chi connectivity index (χ2n) is 4.42. The van der Waals surface area contributed by atoms with Gasteiger partial charge in [0.1, 0.15) is 0 Å². The SMILES string of the molecule is CCCNc1ncc(F)c(N2CCSC(C)C2)n1. The fourth-order valence-electron chi connectivity index (χ4n) is 1.91. The fraction of sp³-hybridized carbons (Fsp3) is 0.667. The maximum absolute atomic E-state index is 13.8. The molecule has 1 N–H and O–H groups in total. The van der Waals surface area contributed by atoms with E-state index in [1.165, 1.54) is 6.20 Å². The van der Waals surface area contributed by atoms with Crippen molar-refractivity contribution in [3.8, 4) is 0 Å².